The first-order valence-corrected chi connectivity index (χ1v) is 6.66. The zero-order chi connectivity index (χ0) is 12.6. The van der Waals surface area contributed by atoms with Gasteiger partial charge in [-0.15, -0.1) is 0 Å². The molecule has 1 unspecified atom stereocenters. The number of fused-ring (bicyclic) bond motifs is 1. The van der Waals surface area contributed by atoms with Crippen molar-refractivity contribution in [3.05, 3.63) is 48.0 Å². The van der Waals surface area contributed by atoms with Crippen LogP contribution in [0.5, 0.6) is 0 Å². The fourth-order valence-corrected chi connectivity index (χ4v) is 3.01. The first-order valence-electron chi connectivity index (χ1n) is 6.66. The predicted molar refractivity (Wildman–Crippen MR) is 74.3 cm³/mol. The lowest BCUT2D eigenvalue weighted by atomic mass is 9.87. The molecule has 0 aromatic heterocycles. The van der Waals surface area contributed by atoms with Gasteiger partial charge in [0.2, 0.25) is 0 Å². The molecule has 2 heteroatoms. The van der Waals surface area contributed by atoms with Gasteiger partial charge in [-0.25, -0.2) is 0 Å². The fourth-order valence-electron chi connectivity index (χ4n) is 3.01. The minimum Gasteiger partial charge on any atom is -0.388 e. The molecule has 0 aliphatic heterocycles. The molecule has 2 nitrogen and oxygen atoms in total. The van der Waals surface area contributed by atoms with Gasteiger partial charge in [-0.1, -0.05) is 49.2 Å². The Hall–Kier alpha value is -1.38. The summed E-state index contributed by atoms with van der Waals surface area (Å²) in [6, 6.07) is 14.2. The van der Waals surface area contributed by atoms with Gasteiger partial charge in [0.25, 0.3) is 0 Å². The molecule has 0 heterocycles. The molecule has 1 saturated carbocycles. The third-order valence-electron chi connectivity index (χ3n) is 4.18. The highest BCUT2D eigenvalue weighted by molar-refractivity contribution is 5.83. The Kier molecular flexibility index (Phi) is 2.84. The van der Waals surface area contributed by atoms with E-state index in [9.17, 15) is 5.11 Å². The Labute approximate surface area is 107 Å². The fraction of sp³-hybridized carbons (Fsp3) is 0.375. The number of aliphatic hydroxyl groups is 1. The van der Waals surface area contributed by atoms with Crippen molar-refractivity contribution in [2.45, 2.75) is 37.3 Å². The summed E-state index contributed by atoms with van der Waals surface area (Å²) in [6.45, 7) is 0. The highest BCUT2D eigenvalue weighted by Gasteiger charge is 2.38. The highest BCUT2D eigenvalue weighted by Crippen LogP contribution is 2.38. The third kappa shape index (κ3) is 1.92. The van der Waals surface area contributed by atoms with Crippen LogP contribution < -0.4 is 5.73 Å². The van der Waals surface area contributed by atoms with Gasteiger partial charge in [-0.3, -0.25) is 0 Å². The first kappa shape index (κ1) is 11.7. The molecule has 2 aromatic rings. The van der Waals surface area contributed by atoms with E-state index in [1.807, 2.05) is 18.2 Å². The van der Waals surface area contributed by atoms with Crippen molar-refractivity contribution in [3.8, 4) is 0 Å². The van der Waals surface area contributed by atoms with Crippen molar-refractivity contribution in [3.63, 3.8) is 0 Å². The number of nitrogens with two attached hydrogens (primary N) is 1. The van der Waals surface area contributed by atoms with Crippen molar-refractivity contribution in [1.82, 2.24) is 0 Å². The molecule has 1 atom stereocenters. The summed E-state index contributed by atoms with van der Waals surface area (Å²) in [4.78, 5) is 0. The summed E-state index contributed by atoms with van der Waals surface area (Å²) in [5.41, 5.74) is 6.61. The van der Waals surface area contributed by atoms with Gasteiger partial charge >= 0.3 is 0 Å². The van der Waals surface area contributed by atoms with Gasteiger partial charge in [-0.2, -0.15) is 0 Å². The largest absolute Gasteiger partial charge is 0.388 e. The van der Waals surface area contributed by atoms with Gasteiger partial charge < -0.3 is 10.8 Å². The SMILES string of the molecule is NC(c1ccc2ccccc2c1)C1(O)CCCC1. The summed E-state index contributed by atoms with van der Waals surface area (Å²) in [5.74, 6) is 0. The van der Waals surface area contributed by atoms with E-state index in [0.717, 1.165) is 31.2 Å². The molecule has 0 bridgehead atoms. The molecule has 0 radical (unpaired) electrons. The van der Waals surface area contributed by atoms with E-state index in [1.54, 1.807) is 0 Å². The average molecular weight is 241 g/mol. The molecule has 18 heavy (non-hydrogen) atoms. The molecule has 3 rings (SSSR count). The molecule has 0 saturated heterocycles. The first-order chi connectivity index (χ1) is 8.69. The summed E-state index contributed by atoms with van der Waals surface area (Å²) >= 11 is 0. The highest BCUT2D eigenvalue weighted by atomic mass is 16.3. The van der Waals surface area contributed by atoms with Gasteiger partial charge in [0, 0.05) is 0 Å². The molecule has 2 aromatic carbocycles. The summed E-state index contributed by atoms with van der Waals surface area (Å²) in [5, 5.41) is 13.0. The quantitative estimate of drug-likeness (QED) is 0.848. The Morgan fingerprint density at radius 2 is 1.67 bits per heavy atom. The molecule has 0 amide bonds. The third-order valence-corrected chi connectivity index (χ3v) is 4.18. The van der Waals surface area contributed by atoms with Crippen LogP contribution in [0.4, 0.5) is 0 Å². The summed E-state index contributed by atoms with van der Waals surface area (Å²) < 4.78 is 0. The second kappa shape index (κ2) is 4.38. The van der Waals surface area contributed by atoms with E-state index < -0.39 is 5.60 Å². The van der Waals surface area contributed by atoms with E-state index in [0.29, 0.717) is 0 Å². The smallest absolute Gasteiger partial charge is 0.0839 e. The minimum absolute atomic E-state index is 0.274. The van der Waals surface area contributed by atoms with Crippen molar-refractivity contribution in [2.75, 3.05) is 0 Å². The number of hydrogen-bond acceptors (Lipinski definition) is 2. The molecule has 0 spiro atoms. The van der Waals surface area contributed by atoms with E-state index in [-0.39, 0.29) is 6.04 Å². The van der Waals surface area contributed by atoms with Gasteiger partial charge in [0.1, 0.15) is 0 Å². The van der Waals surface area contributed by atoms with Crippen LogP contribution in [-0.4, -0.2) is 10.7 Å². The molecule has 1 fully saturated rings. The molecular weight excluding hydrogens is 222 g/mol. The number of rotatable bonds is 2. The average Bonchev–Trinajstić information content (AvgIpc) is 2.85. The monoisotopic (exact) mass is 241 g/mol. The lowest BCUT2D eigenvalue weighted by Crippen LogP contribution is -2.38. The summed E-state index contributed by atoms with van der Waals surface area (Å²) in [6.07, 6.45) is 3.80. The van der Waals surface area contributed by atoms with E-state index in [4.69, 9.17) is 5.73 Å². The van der Waals surface area contributed by atoms with Crippen molar-refractivity contribution >= 4 is 10.8 Å². The summed E-state index contributed by atoms with van der Waals surface area (Å²) in [7, 11) is 0. The van der Waals surface area contributed by atoms with Crippen molar-refractivity contribution < 1.29 is 5.11 Å². The zero-order valence-electron chi connectivity index (χ0n) is 10.5. The van der Waals surface area contributed by atoms with Gasteiger partial charge in [0.15, 0.2) is 0 Å². The van der Waals surface area contributed by atoms with Crippen LogP contribution in [0.1, 0.15) is 37.3 Å². The lowest BCUT2D eigenvalue weighted by Gasteiger charge is -2.30. The zero-order valence-corrected chi connectivity index (χ0v) is 10.5. The normalized spacial score (nSPS) is 20.1. The topological polar surface area (TPSA) is 46.2 Å². The van der Waals surface area contributed by atoms with Crippen LogP contribution in [0, 0.1) is 0 Å². The Bertz CT molecular complexity index is 558. The van der Waals surface area contributed by atoms with Crippen LogP contribution in [0.2, 0.25) is 0 Å². The maximum atomic E-state index is 10.6. The molecule has 1 aliphatic rings. The molecular formula is C16H19NO. The second-order valence-electron chi connectivity index (χ2n) is 5.39. The van der Waals surface area contributed by atoms with Crippen LogP contribution in [-0.2, 0) is 0 Å². The Balaban J connectivity index is 1.98. The minimum atomic E-state index is -0.706. The number of benzene rings is 2. The predicted octanol–water partition coefficient (Wildman–Crippen LogP) is 3.14. The van der Waals surface area contributed by atoms with E-state index in [1.165, 1.54) is 10.8 Å². The van der Waals surface area contributed by atoms with Crippen molar-refractivity contribution in [2.24, 2.45) is 5.73 Å². The Morgan fingerprint density at radius 1 is 1.00 bits per heavy atom. The number of hydrogen-bond donors (Lipinski definition) is 2. The van der Waals surface area contributed by atoms with Crippen LogP contribution >= 0.6 is 0 Å². The van der Waals surface area contributed by atoms with Crippen LogP contribution in [0.15, 0.2) is 42.5 Å². The maximum absolute atomic E-state index is 10.6. The molecule has 94 valence electrons. The van der Waals surface area contributed by atoms with Gasteiger partial charge in [-0.05, 0) is 35.2 Å². The molecule has 1 aliphatic carbocycles. The maximum Gasteiger partial charge on any atom is 0.0839 e. The van der Waals surface area contributed by atoms with Crippen LogP contribution in [0.25, 0.3) is 10.8 Å². The lowest BCUT2D eigenvalue weighted by molar-refractivity contribution is 0.0204. The van der Waals surface area contributed by atoms with Gasteiger partial charge in [0.05, 0.1) is 11.6 Å². The molecule has 3 N–H and O–H groups in total. The van der Waals surface area contributed by atoms with E-state index in [2.05, 4.69) is 24.3 Å². The van der Waals surface area contributed by atoms with Crippen LogP contribution in [0.3, 0.4) is 0 Å². The second-order valence-corrected chi connectivity index (χ2v) is 5.39. The standard InChI is InChI=1S/C16H19NO/c17-15(16(18)9-3-4-10-16)14-8-7-12-5-1-2-6-13(12)11-14/h1-2,5-8,11,15,18H,3-4,9-10,17H2. The van der Waals surface area contributed by atoms with E-state index >= 15 is 0 Å². The van der Waals surface area contributed by atoms with Crippen molar-refractivity contribution in [1.29, 1.82) is 0 Å². The Morgan fingerprint density at radius 3 is 2.39 bits per heavy atom.